The summed E-state index contributed by atoms with van der Waals surface area (Å²) in [7, 11) is 0. The highest BCUT2D eigenvalue weighted by Crippen LogP contribution is 2.23. The molecule has 0 saturated carbocycles. The number of amides is 1. The molecule has 0 aliphatic carbocycles. The monoisotopic (exact) mass is 423 g/mol. The van der Waals surface area contributed by atoms with Gasteiger partial charge in [-0.05, 0) is 42.9 Å². The average molecular weight is 424 g/mol. The molecular weight excluding hydrogens is 406 g/mol. The molecule has 0 radical (unpaired) electrons. The predicted molar refractivity (Wildman–Crippen MR) is 114 cm³/mol. The van der Waals surface area contributed by atoms with Crippen LogP contribution >= 0.6 is 35.2 Å². The van der Waals surface area contributed by atoms with Crippen LogP contribution in [0.25, 0.3) is 6.08 Å². The zero-order valence-electron chi connectivity index (χ0n) is 14.5. The molecule has 1 amide bonds. The number of carbonyl (C=O) groups excluding carboxylic acids is 1. The summed E-state index contributed by atoms with van der Waals surface area (Å²) in [4.78, 5) is 16.2. The van der Waals surface area contributed by atoms with E-state index in [1.165, 1.54) is 18.3 Å². The quantitative estimate of drug-likeness (QED) is 0.209. The first-order valence-corrected chi connectivity index (χ1v) is 9.27. The molecule has 0 atom stereocenters. The highest BCUT2D eigenvalue weighted by molar-refractivity contribution is 7.80. The Morgan fingerprint density at radius 1 is 1.37 bits per heavy atom. The lowest BCUT2D eigenvalue weighted by Gasteiger charge is -2.04. The lowest BCUT2D eigenvalue weighted by Crippen LogP contribution is -2.37. The third-order valence-electron chi connectivity index (χ3n) is 3.09. The van der Waals surface area contributed by atoms with Crippen LogP contribution in [0.2, 0.25) is 5.02 Å². The molecule has 142 valence electrons. The Morgan fingerprint density at radius 2 is 2.07 bits per heavy atom. The Balaban J connectivity index is 2.30. The van der Waals surface area contributed by atoms with Crippen molar-refractivity contribution >= 4 is 63.1 Å². The number of nitrogens with one attached hydrogen (secondary N) is 4. The smallest absolute Gasteiger partial charge is 0.235 e. The van der Waals surface area contributed by atoms with Crippen LogP contribution in [0.4, 0.5) is 5.13 Å². The molecule has 27 heavy (non-hydrogen) atoms. The average Bonchev–Trinajstić information content (AvgIpc) is 3.01. The number of hydrogen-bond donors (Lipinski definition) is 5. The Labute approximate surface area is 170 Å². The van der Waals surface area contributed by atoms with Crippen molar-refractivity contribution < 1.29 is 4.79 Å². The third-order valence-corrected chi connectivity index (χ3v) is 4.64. The second-order valence-electron chi connectivity index (χ2n) is 5.21. The van der Waals surface area contributed by atoms with Crippen molar-refractivity contribution in [3.63, 3.8) is 0 Å². The van der Waals surface area contributed by atoms with Gasteiger partial charge in [0.05, 0.1) is 10.6 Å². The lowest BCUT2D eigenvalue weighted by atomic mass is 10.1. The van der Waals surface area contributed by atoms with Crippen LogP contribution in [0.5, 0.6) is 0 Å². The molecule has 6 N–H and O–H groups in total. The van der Waals surface area contributed by atoms with E-state index in [1.54, 1.807) is 12.1 Å². The maximum Gasteiger partial charge on any atom is 0.235 e. The van der Waals surface area contributed by atoms with E-state index in [1.807, 2.05) is 31.2 Å². The van der Waals surface area contributed by atoms with Crippen LogP contribution in [0.1, 0.15) is 23.1 Å². The number of nitrogens with two attached hydrogens (primary N) is 1. The van der Waals surface area contributed by atoms with E-state index in [9.17, 15) is 4.79 Å². The molecule has 0 bridgehead atoms. The molecular formula is C16H18ClN7OS2. The number of rotatable bonds is 6. The van der Waals surface area contributed by atoms with Gasteiger partial charge < -0.3 is 0 Å². The van der Waals surface area contributed by atoms with Crippen molar-refractivity contribution in [3.8, 4) is 0 Å². The van der Waals surface area contributed by atoms with Gasteiger partial charge in [0, 0.05) is 11.9 Å². The SMILES string of the molecule is CC(=O)NNc1nc(C)c(C(/C=C/c2ccc(Cl)cc2)=N/NC(=S)NN)s1. The van der Waals surface area contributed by atoms with E-state index in [0.29, 0.717) is 15.9 Å². The second-order valence-corrected chi connectivity index (χ2v) is 7.05. The molecule has 0 aliphatic heterocycles. The van der Waals surface area contributed by atoms with Crippen molar-refractivity contribution in [2.24, 2.45) is 10.9 Å². The second kappa shape index (κ2) is 9.97. The fraction of sp³-hybridized carbons (Fsp3) is 0.125. The number of anilines is 1. The number of thiazole rings is 1. The fourth-order valence-electron chi connectivity index (χ4n) is 1.89. The van der Waals surface area contributed by atoms with Crippen molar-refractivity contribution in [2.45, 2.75) is 13.8 Å². The van der Waals surface area contributed by atoms with Gasteiger partial charge in [-0.3, -0.25) is 26.5 Å². The molecule has 0 spiro atoms. The summed E-state index contributed by atoms with van der Waals surface area (Å²) in [5, 5.41) is 5.66. The highest BCUT2D eigenvalue weighted by Gasteiger charge is 2.12. The fourth-order valence-corrected chi connectivity index (χ4v) is 2.95. The molecule has 2 rings (SSSR count). The van der Waals surface area contributed by atoms with Gasteiger partial charge in [0.2, 0.25) is 16.2 Å². The number of thiocarbonyl (C=S) groups is 1. The van der Waals surface area contributed by atoms with E-state index < -0.39 is 0 Å². The van der Waals surface area contributed by atoms with Crippen LogP contribution in [-0.4, -0.2) is 21.7 Å². The summed E-state index contributed by atoms with van der Waals surface area (Å²) in [5.74, 6) is 5.04. The van der Waals surface area contributed by atoms with Gasteiger partial charge in [-0.1, -0.05) is 41.1 Å². The normalized spacial score (nSPS) is 11.3. The standard InChI is InChI=1S/C16H18ClN7OS2/c1-9-14(27-16(19-9)24-21-10(2)25)13(22-23-15(26)20-18)8-5-11-3-6-12(17)7-4-11/h3-8H,18H2,1-2H3,(H,19,24)(H,21,25)(H2,20,23,26)/b8-5+,22-13+. The lowest BCUT2D eigenvalue weighted by molar-refractivity contribution is -0.118. The molecule has 0 aliphatic rings. The minimum Gasteiger partial charge on any atom is -0.300 e. The van der Waals surface area contributed by atoms with Crippen LogP contribution in [0.3, 0.4) is 0 Å². The van der Waals surface area contributed by atoms with Crippen LogP contribution in [0, 0.1) is 6.92 Å². The van der Waals surface area contributed by atoms with Gasteiger partial charge in [0.15, 0.2) is 0 Å². The van der Waals surface area contributed by atoms with Crippen molar-refractivity contribution in [2.75, 3.05) is 5.43 Å². The van der Waals surface area contributed by atoms with Crippen LogP contribution < -0.4 is 27.5 Å². The number of carbonyl (C=O) groups is 1. The summed E-state index contributed by atoms with van der Waals surface area (Å²) in [6.45, 7) is 3.25. The number of aryl methyl sites for hydroxylation is 1. The summed E-state index contributed by atoms with van der Waals surface area (Å²) in [6.07, 6.45) is 3.70. The van der Waals surface area contributed by atoms with Crippen LogP contribution in [-0.2, 0) is 4.79 Å². The number of halogens is 1. The van der Waals surface area contributed by atoms with Crippen molar-refractivity contribution in [3.05, 3.63) is 51.5 Å². The first kappa shape index (κ1) is 20.8. The summed E-state index contributed by atoms with van der Waals surface area (Å²) in [5.41, 5.74) is 12.5. The molecule has 11 heteroatoms. The molecule has 8 nitrogen and oxygen atoms in total. The molecule has 1 aromatic heterocycles. The van der Waals surface area contributed by atoms with Gasteiger partial charge in [0.1, 0.15) is 5.71 Å². The molecule has 0 unspecified atom stereocenters. The van der Waals surface area contributed by atoms with Crippen LogP contribution in [0.15, 0.2) is 35.4 Å². The number of allylic oxidation sites excluding steroid dienone is 1. The van der Waals surface area contributed by atoms with Gasteiger partial charge in [0.25, 0.3) is 0 Å². The number of hydrazine groups is 2. The summed E-state index contributed by atoms with van der Waals surface area (Å²) < 4.78 is 0. The van der Waals surface area contributed by atoms with E-state index in [4.69, 9.17) is 29.7 Å². The van der Waals surface area contributed by atoms with Crippen molar-refractivity contribution in [1.29, 1.82) is 0 Å². The Kier molecular flexibility index (Phi) is 7.67. The van der Waals surface area contributed by atoms with Gasteiger partial charge in [-0.15, -0.1) is 0 Å². The molecule has 1 heterocycles. The zero-order chi connectivity index (χ0) is 19.8. The summed E-state index contributed by atoms with van der Waals surface area (Å²) in [6, 6.07) is 7.38. The van der Waals surface area contributed by atoms with E-state index in [0.717, 1.165) is 16.1 Å². The third kappa shape index (κ3) is 6.61. The van der Waals surface area contributed by atoms with E-state index >= 15 is 0 Å². The molecule has 0 fully saturated rings. The Bertz CT molecular complexity index is 877. The first-order chi connectivity index (χ1) is 12.9. The number of hydrazone groups is 1. The number of nitrogens with zero attached hydrogens (tertiary/aromatic N) is 2. The Hall–Kier alpha value is -2.53. The highest BCUT2D eigenvalue weighted by atomic mass is 35.5. The van der Waals surface area contributed by atoms with E-state index in [-0.39, 0.29) is 11.0 Å². The van der Waals surface area contributed by atoms with Gasteiger partial charge >= 0.3 is 0 Å². The maximum atomic E-state index is 11.1. The number of aromatic nitrogens is 1. The largest absolute Gasteiger partial charge is 0.300 e. The van der Waals surface area contributed by atoms with Crippen molar-refractivity contribution in [1.82, 2.24) is 21.3 Å². The number of hydrogen-bond acceptors (Lipinski definition) is 7. The minimum absolute atomic E-state index is 0.172. The Morgan fingerprint density at radius 3 is 2.70 bits per heavy atom. The zero-order valence-corrected chi connectivity index (χ0v) is 16.9. The predicted octanol–water partition coefficient (Wildman–Crippen LogP) is 2.32. The molecule has 2 aromatic rings. The maximum absolute atomic E-state index is 11.1. The van der Waals surface area contributed by atoms with Gasteiger partial charge in [-0.25, -0.2) is 10.8 Å². The first-order valence-electron chi connectivity index (χ1n) is 7.67. The topological polar surface area (TPSA) is 116 Å². The number of benzene rings is 1. The molecule has 1 aromatic carbocycles. The molecule has 0 saturated heterocycles. The van der Waals surface area contributed by atoms with Gasteiger partial charge in [-0.2, -0.15) is 5.10 Å². The minimum atomic E-state index is -0.220. The summed E-state index contributed by atoms with van der Waals surface area (Å²) >= 11 is 12.2. The van der Waals surface area contributed by atoms with E-state index in [2.05, 4.69) is 31.8 Å².